The third-order valence-corrected chi connectivity index (χ3v) is 1.64. The van der Waals surface area contributed by atoms with Crippen molar-refractivity contribution in [1.29, 1.82) is 0 Å². The number of aliphatic hydroxyl groups is 1. The van der Waals surface area contributed by atoms with E-state index >= 15 is 0 Å². The summed E-state index contributed by atoms with van der Waals surface area (Å²) in [5, 5.41) is 8.64. The fourth-order valence-corrected chi connectivity index (χ4v) is 1.16. The summed E-state index contributed by atoms with van der Waals surface area (Å²) < 4.78 is -1.15. The van der Waals surface area contributed by atoms with Crippen molar-refractivity contribution < 1.29 is 5.11 Å². The fourth-order valence-electron chi connectivity index (χ4n) is 0.403. The van der Waals surface area contributed by atoms with Gasteiger partial charge in [-0.2, -0.15) is 0 Å². The predicted octanol–water partition coefficient (Wildman–Crippen LogP) is 2.17. The van der Waals surface area contributed by atoms with Gasteiger partial charge in [-0.25, -0.2) is 0 Å². The van der Waals surface area contributed by atoms with E-state index < -0.39 is 15.8 Å². The van der Waals surface area contributed by atoms with Crippen LogP contribution in [0.1, 0.15) is 13.8 Å². The van der Waals surface area contributed by atoms with E-state index in [0.717, 1.165) is 0 Å². The summed E-state index contributed by atoms with van der Waals surface area (Å²) in [7, 11) is 0. The normalized spacial score (nSPS) is 19.3. The van der Waals surface area contributed by atoms with E-state index in [9.17, 15) is 0 Å². The van der Waals surface area contributed by atoms with Gasteiger partial charge in [0.1, 0.15) is 10.4 Å². The third-order valence-electron chi connectivity index (χ3n) is 0.954. The summed E-state index contributed by atoms with van der Waals surface area (Å²) in [4.78, 5) is 0. The number of hydrogen-bond acceptors (Lipinski definition) is 1. The van der Waals surface area contributed by atoms with Crippen LogP contribution < -0.4 is 0 Å². The van der Waals surface area contributed by atoms with Crippen molar-refractivity contribution in [2.45, 2.75) is 29.7 Å². The second-order valence-electron chi connectivity index (χ2n) is 2.08. The summed E-state index contributed by atoms with van der Waals surface area (Å²) in [6.07, 6.45) is -0.887. The molecule has 1 nitrogen and oxygen atoms in total. The lowest BCUT2D eigenvalue weighted by Gasteiger charge is -2.22. The molecule has 0 bridgehead atoms. The maximum atomic E-state index is 9.07. The van der Waals surface area contributed by atoms with E-state index in [1.165, 1.54) is 6.92 Å². The number of alkyl halides is 3. The van der Waals surface area contributed by atoms with E-state index in [0.29, 0.717) is 0 Å². The molecule has 0 aliphatic rings. The van der Waals surface area contributed by atoms with E-state index in [1.54, 1.807) is 6.92 Å². The van der Waals surface area contributed by atoms with Gasteiger partial charge in [0.05, 0.1) is 5.38 Å². The van der Waals surface area contributed by atoms with Crippen molar-refractivity contribution in [3.63, 3.8) is 0 Å². The lowest BCUT2D eigenvalue weighted by Crippen LogP contribution is -2.34. The van der Waals surface area contributed by atoms with Crippen LogP contribution in [0.2, 0.25) is 0 Å². The van der Waals surface area contributed by atoms with Gasteiger partial charge in [-0.1, -0.05) is 23.2 Å². The number of rotatable bonds is 2. The van der Waals surface area contributed by atoms with Gasteiger partial charge in [0, 0.05) is 0 Å². The van der Waals surface area contributed by atoms with Gasteiger partial charge in [-0.05, 0) is 13.8 Å². The first-order valence-corrected chi connectivity index (χ1v) is 3.75. The monoisotopic (exact) mass is 190 g/mol. The van der Waals surface area contributed by atoms with Crippen LogP contribution >= 0.6 is 34.8 Å². The molecule has 0 saturated carbocycles. The van der Waals surface area contributed by atoms with Crippen LogP contribution in [0.4, 0.5) is 0 Å². The van der Waals surface area contributed by atoms with Crippen molar-refractivity contribution in [2.75, 3.05) is 0 Å². The zero-order valence-electron chi connectivity index (χ0n) is 5.24. The van der Waals surface area contributed by atoms with Crippen molar-refractivity contribution in [3.8, 4) is 0 Å². The lowest BCUT2D eigenvalue weighted by molar-refractivity contribution is 0.160. The van der Waals surface area contributed by atoms with Crippen LogP contribution in [-0.2, 0) is 0 Å². The molecule has 0 aliphatic carbocycles. The highest BCUT2D eigenvalue weighted by atomic mass is 35.5. The number of halogens is 3. The van der Waals surface area contributed by atoms with Gasteiger partial charge in [0.15, 0.2) is 0 Å². The van der Waals surface area contributed by atoms with Gasteiger partial charge in [-0.3, -0.25) is 0 Å². The Morgan fingerprint density at radius 2 is 1.78 bits per heavy atom. The Hall–Kier alpha value is 0.830. The second kappa shape index (κ2) is 3.29. The molecule has 0 radical (unpaired) electrons. The Morgan fingerprint density at radius 1 is 1.44 bits per heavy atom. The van der Waals surface area contributed by atoms with Crippen LogP contribution in [0.25, 0.3) is 0 Å². The zero-order chi connectivity index (χ0) is 7.65. The number of hydrogen-bond donors (Lipinski definition) is 1. The van der Waals surface area contributed by atoms with Crippen LogP contribution in [0, 0.1) is 0 Å². The Balaban J connectivity index is 3.88. The smallest absolute Gasteiger partial charge is 0.142 e. The predicted molar refractivity (Wildman–Crippen MR) is 41.4 cm³/mol. The molecule has 0 saturated heterocycles. The SMILES string of the molecule is CC(Cl)C(O)C(C)(Cl)Cl. The van der Waals surface area contributed by atoms with Crippen LogP contribution in [0.15, 0.2) is 0 Å². The maximum Gasteiger partial charge on any atom is 0.142 e. The highest BCUT2D eigenvalue weighted by Crippen LogP contribution is 2.27. The molecule has 0 fully saturated rings. The third kappa shape index (κ3) is 3.51. The quantitative estimate of drug-likeness (QED) is 0.663. The molecule has 0 aromatic rings. The van der Waals surface area contributed by atoms with Gasteiger partial charge >= 0.3 is 0 Å². The summed E-state index contributed by atoms with van der Waals surface area (Å²) in [6.45, 7) is 3.13. The van der Waals surface area contributed by atoms with Crippen LogP contribution in [0.3, 0.4) is 0 Å². The second-order valence-corrected chi connectivity index (χ2v) is 4.53. The summed E-state index contributed by atoms with van der Waals surface area (Å²) in [6, 6.07) is 0. The first-order chi connectivity index (χ1) is 3.85. The van der Waals surface area contributed by atoms with Gasteiger partial charge < -0.3 is 5.11 Å². The van der Waals surface area contributed by atoms with Crippen molar-refractivity contribution in [2.24, 2.45) is 0 Å². The first-order valence-electron chi connectivity index (χ1n) is 2.55. The summed E-state index contributed by atoms with van der Waals surface area (Å²) in [5.41, 5.74) is 0. The molecule has 0 aromatic carbocycles. The average Bonchev–Trinajstić information content (AvgIpc) is 1.62. The highest BCUT2D eigenvalue weighted by Gasteiger charge is 2.31. The summed E-state index contributed by atoms with van der Waals surface area (Å²) >= 11 is 16.5. The molecule has 0 heterocycles. The van der Waals surface area contributed by atoms with E-state index in [-0.39, 0.29) is 0 Å². The Bertz CT molecular complexity index is 86.7. The van der Waals surface area contributed by atoms with E-state index in [4.69, 9.17) is 39.9 Å². The van der Waals surface area contributed by atoms with E-state index in [1.807, 2.05) is 0 Å². The lowest BCUT2D eigenvalue weighted by atomic mass is 10.2. The first kappa shape index (κ1) is 9.83. The molecular weight excluding hydrogens is 182 g/mol. The van der Waals surface area contributed by atoms with Gasteiger partial charge in [0.2, 0.25) is 0 Å². The Kier molecular flexibility index (Phi) is 3.59. The minimum Gasteiger partial charge on any atom is -0.388 e. The molecular formula is C5H9Cl3O. The average molecular weight is 191 g/mol. The zero-order valence-corrected chi connectivity index (χ0v) is 7.50. The highest BCUT2D eigenvalue weighted by molar-refractivity contribution is 6.49. The molecule has 9 heavy (non-hydrogen) atoms. The van der Waals surface area contributed by atoms with Crippen molar-refractivity contribution in [1.82, 2.24) is 0 Å². The summed E-state index contributed by atoms with van der Waals surface area (Å²) in [5.74, 6) is 0. The Morgan fingerprint density at radius 3 is 1.78 bits per heavy atom. The van der Waals surface area contributed by atoms with Gasteiger partial charge in [-0.15, -0.1) is 11.6 Å². The Labute approximate surface area is 69.9 Å². The molecule has 2 atom stereocenters. The minimum atomic E-state index is -1.15. The van der Waals surface area contributed by atoms with Gasteiger partial charge in [0.25, 0.3) is 0 Å². The molecule has 0 aromatic heterocycles. The number of aliphatic hydroxyl groups excluding tert-OH is 1. The molecule has 2 unspecified atom stereocenters. The molecule has 4 heteroatoms. The van der Waals surface area contributed by atoms with Crippen molar-refractivity contribution in [3.05, 3.63) is 0 Å². The molecule has 1 N–H and O–H groups in total. The largest absolute Gasteiger partial charge is 0.388 e. The topological polar surface area (TPSA) is 20.2 Å². The molecule has 0 spiro atoms. The molecule has 0 aliphatic heterocycles. The minimum absolute atomic E-state index is 0.426. The maximum absolute atomic E-state index is 9.07. The molecule has 0 amide bonds. The van der Waals surface area contributed by atoms with Crippen LogP contribution in [-0.4, -0.2) is 20.9 Å². The molecule has 56 valence electrons. The standard InChI is InChI=1S/C5H9Cl3O/c1-3(6)4(9)5(2,7)8/h3-4,9H,1-2H3. The molecule has 0 rings (SSSR count). The fraction of sp³-hybridized carbons (Fsp3) is 1.00. The van der Waals surface area contributed by atoms with Crippen LogP contribution in [0.5, 0.6) is 0 Å². The van der Waals surface area contributed by atoms with E-state index in [2.05, 4.69) is 0 Å². The van der Waals surface area contributed by atoms with Crippen molar-refractivity contribution >= 4 is 34.8 Å².